The molecule has 6 heteroatoms. The smallest absolute Gasteiger partial charge is 0.305 e. The van der Waals surface area contributed by atoms with Crippen molar-refractivity contribution < 1.29 is 24.5 Å². The first-order chi connectivity index (χ1) is 36.5. The lowest BCUT2D eigenvalue weighted by molar-refractivity contribution is -0.143. The number of allylic oxidation sites excluding steroid dienone is 5. The molecule has 436 valence electrons. The number of carbonyl (C=O) groups excluding carboxylic acids is 2. The minimum absolute atomic E-state index is 0.00135. The molecule has 0 saturated carbocycles. The van der Waals surface area contributed by atoms with Gasteiger partial charge >= 0.3 is 5.97 Å². The maximum Gasteiger partial charge on any atom is 0.305 e. The summed E-state index contributed by atoms with van der Waals surface area (Å²) in [7, 11) is 0. The Hall–Kier alpha value is -1.92. The molecule has 0 bridgehead atoms. The summed E-state index contributed by atoms with van der Waals surface area (Å²) in [4.78, 5) is 24.5. The largest absolute Gasteiger partial charge is 0.466 e. The first-order valence-electron chi connectivity index (χ1n) is 33.3. The van der Waals surface area contributed by atoms with E-state index in [0.29, 0.717) is 19.4 Å². The molecule has 1 amide bonds. The van der Waals surface area contributed by atoms with Gasteiger partial charge in [0.05, 0.1) is 25.4 Å². The van der Waals surface area contributed by atoms with E-state index in [0.717, 1.165) is 51.4 Å². The highest BCUT2D eigenvalue weighted by molar-refractivity contribution is 5.76. The van der Waals surface area contributed by atoms with Crippen LogP contribution in [0.2, 0.25) is 0 Å². The van der Waals surface area contributed by atoms with Crippen LogP contribution in [0.3, 0.4) is 0 Å². The first kappa shape index (κ1) is 72.1. The summed E-state index contributed by atoms with van der Waals surface area (Å²) in [5, 5.41) is 23.2. The number of esters is 1. The number of aliphatic hydroxyl groups is 2. The van der Waals surface area contributed by atoms with Gasteiger partial charge in [0.25, 0.3) is 0 Å². The second-order valence-electron chi connectivity index (χ2n) is 22.8. The lowest BCUT2D eigenvalue weighted by Gasteiger charge is -2.20. The Balaban J connectivity index is 3.46. The molecule has 0 aromatic heterocycles. The fourth-order valence-corrected chi connectivity index (χ4v) is 10.3. The second kappa shape index (κ2) is 63.6. The summed E-state index contributed by atoms with van der Waals surface area (Å²) in [5.74, 6) is -0.0740. The zero-order valence-corrected chi connectivity index (χ0v) is 49.8. The molecule has 0 aliphatic carbocycles. The molecule has 74 heavy (non-hydrogen) atoms. The molecule has 0 aliphatic heterocycles. The van der Waals surface area contributed by atoms with Crippen LogP contribution in [0.25, 0.3) is 0 Å². The van der Waals surface area contributed by atoms with Gasteiger partial charge in [0.1, 0.15) is 0 Å². The number of hydrogen-bond donors (Lipinski definition) is 3. The molecule has 0 aromatic rings. The highest BCUT2D eigenvalue weighted by atomic mass is 16.5. The van der Waals surface area contributed by atoms with Crippen LogP contribution in [0.15, 0.2) is 36.5 Å². The van der Waals surface area contributed by atoms with Gasteiger partial charge in [-0.3, -0.25) is 9.59 Å². The number of nitrogens with one attached hydrogen (secondary N) is 1. The standard InChI is InChI=1S/C68H129NO5/c1-3-5-7-9-11-13-15-17-18-19-20-21-22-24-27-30-33-37-40-44-48-52-56-60-66(71)65(64-70)69-67(72)61-57-53-49-45-41-38-34-31-28-25-23-26-29-32-35-39-43-47-51-55-59-63-74-68(73)62-58-54-50-46-42-36-16-14-12-10-8-6-4-2/h14,16,25,28,56,60,65-66,70-71H,3-13,15,17-24,26-27,29-55,57-59,61-64H2,1-2H3,(H,69,72)/b16-14-,28-25-,60-56+. The molecule has 3 N–H and O–H groups in total. The van der Waals surface area contributed by atoms with Crippen molar-refractivity contribution >= 4 is 11.9 Å². The van der Waals surface area contributed by atoms with Crippen LogP contribution in [-0.2, 0) is 14.3 Å². The predicted octanol–water partition coefficient (Wildman–Crippen LogP) is 21.1. The SMILES string of the molecule is CCCCCC/C=C\CCCCCCCC(=O)OCCCCCCCCCCCC/C=C\CCCCCCCCCC(=O)NC(CO)C(O)/C=C/CCCCCCCCCCCCCCCCCCCCCCC. The van der Waals surface area contributed by atoms with Crippen molar-refractivity contribution in [2.75, 3.05) is 13.2 Å². The molecular weight excluding hydrogens is 911 g/mol. The van der Waals surface area contributed by atoms with Crippen LogP contribution >= 0.6 is 0 Å². The van der Waals surface area contributed by atoms with E-state index < -0.39 is 12.1 Å². The number of aliphatic hydroxyl groups excluding tert-OH is 2. The van der Waals surface area contributed by atoms with Crippen molar-refractivity contribution in [3.05, 3.63) is 36.5 Å². The molecule has 0 radical (unpaired) electrons. The minimum Gasteiger partial charge on any atom is -0.466 e. The topological polar surface area (TPSA) is 95.9 Å². The molecule has 2 atom stereocenters. The van der Waals surface area contributed by atoms with E-state index in [-0.39, 0.29) is 18.5 Å². The lowest BCUT2D eigenvalue weighted by atomic mass is 10.0. The fraction of sp³-hybridized carbons (Fsp3) is 0.882. The molecule has 0 aliphatic rings. The van der Waals surface area contributed by atoms with Crippen molar-refractivity contribution in [3.63, 3.8) is 0 Å². The van der Waals surface area contributed by atoms with Crippen LogP contribution in [0, 0.1) is 0 Å². The summed E-state index contributed by atoms with van der Waals surface area (Å²) in [5.41, 5.74) is 0. The molecule has 0 rings (SSSR count). The maximum atomic E-state index is 12.5. The zero-order valence-electron chi connectivity index (χ0n) is 49.8. The number of carbonyl (C=O) groups is 2. The molecule has 0 fully saturated rings. The van der Waals surface area contributed by atoms with Crippen LogP contribution < -0.4 is 5.32 Å². The lowest BCUT2D eigenvalue weighted by Crippen LogP contribution is -2.45. The van der Waals surface area contributed by atoms with E-state index in [4.69, 9.17) is 4.74 Å². The molecule has 2 unspecified atom stereocenters. The van der Waals surface area contributed by atoms with Gasteiger partial charge < -0.3 is 20.3 Å². The summed E-state index contributed by atoms with van der Waals surface area (Å²) in [6.07, 6.45) is 80.6. The molecular formula is C68H129NO5. The normalized spacial score (nSPS) is 12.8. The highest BCUT2D eigenvalue weighted by Gasteiger charge is 2.18. The highest BCUT2D eigenvalue weighted by Crippen LogP contribution is 2.18. The molecule has 0 heterocycles. The van der Waals surface area contributed by atoms with Crippen LogP contribution in [-0.4, -0.2) is 47.4 Å². The van der Waals surface area contributed by atoms with Gasteiger partial charge in [0.2, 0.25) is 5.91 Å². The fourth-order valence-electron chi connectivity index (χ4n) is 10.3. The van der Waals surface area contributed by atoms with E-state index in [2.05, 4.69) is 43.5 Å². The van der Waals surface area contributed by atoms with Crippen molar-refractivity contribution in [2.24, 2.45) is 0 Å². The van der Waals surface area contributed by atoms with Crippen LogP contribution in [0.5, 0.6) is 0 Å². The summed E-state index contributed by atoms with van der Waals surface area (Å²) >= 11 is 0. The number of ether oxygens (including phenoxy) is 1. The van der Waals surface area contributed by atoms with E-state index in [1.807, 2.05) is 6.08 Å². The van der Waals surface area contributed by atoms with Crippen molar-refractivity contribution in [3.8, 4) is 0 Å². The van der Waals surface area contributed by atoms with E-state index in [1.54, 1.807) is 6.08 Å². The number of unbranched alkanes of at least 4 members (excludes halogenated alkanes) is 47. The minimum atomic E-state index is -0.851. The number of amides is 1. The quantitative estimate of drug-likeness (QED) is 0.0320. The van der Waals surface area contributed by atoms with E-state index in [1.165, 1.54) is 283 Å². The van der Waals surface area contributed by atoms with Gasteiger partial charge in [0.15, 0.2) is 0 Å². The van der Waals surface area contributed by atoms with Gasteiger partial charge in [0, 0.05) is 12.8 Å². The summed E-state index contributed by atoms with van der Waals surface area (Å²) in [6.45, 7) is 4.90. The van der Waals surface area contributed by atoms with E-state index >= 15 is 0 Å². The van der Waals surface area contributed by atoms with Gasteiger partial charge in [-0.15, -0.1) is 0 Å². The Kier molecular flexibility index (Phi) is 62.0. The van der Waals surface area contributed by atoms with E-state index in [9.17, 15) is 19.8 Å². The Morgan fingerprint density at radius 3 is 0.973 bits per heavy atom. The third kappa shape index (κ3) is 59.3. The van der Waals surface area contributed by atoms with Crippen LogP contribution in [0.1, 0.15) is 361 Å². The van der Waals surface area contributed by atoms with Gasteiger partial charge in [-0.05, 0) is 83.5 Å². The van der Waals surface area contributed by atoms with Gasteiger partial charge in [-0.25, -0.2) is 0 Å². The second-order valence-corrected chi connectivity index (χ2v) is 22.8. The number of hydrogen-bond acceptors (Lipinski definition) is 5. The van der Waals surface area contributed by atoms with Crippen molar-refractivity contribution in [2.45, 2.75) is 373 Å². The Bertz CT molecular complexity index is 1200. The van der Waals surface area contributed by atoms with Crippen molar-refractivity contribution in [1.29, 1.82) is 0 Å². The molecule has 0 spiro atoms. The molecule has 0 aromatic carbocycles. The third-order valence-corrected chi connectivity index (χ3v) is 15.4. The average Bonchev–Trinajstić information content (AvgIpc) is 3.40. The maximum absolute atomic E-state index is 12.5. The summed E-state index contributed by atoms with van der Waals surface area (Å²) < 4.78 is 5.47. The van der Waals surface area contributed by atoms with Crippen molar-refractivity contribution in [1.82, 2.24) is 5.32 Å². The van der Waals surface area contributed by atoms with Crippen LogP contribution in [0.4, 0.5) is 0 Å². The monoisotopic (exact) mass is 1040 g/mol. The predicted molar refractivity (Wildman–Crippen MR) is 324 cm³/mol. The molecule has 6 nitrogen and oxygen atoms in total. The zero-order chi connectivity index (χ0) is 53.6. The summed E-state index contributed by atoms with van der Waals surface area (Å²) in [6, 6.07) is -0.635. The Labute approximate surface area is 462 Å². The number of rotatable bonds is 62. The Morgan fingerprint density at radius 1 is 0.365 bits per heavy atom. The third-order valence-electron chi connectivity index (χ3n) is 15.4. The van der Waals surface area contributed by atoms with Gasteiger partial charge in [-0.1, -0.05) is 301 Å². The first-order valence-corrected chi connectivity index (χ1v) is 33.3. The Morgan fingerprint density at radius 2 is 0.635 bits per heavy atom. The van der Waals surface area contributed by atoms with Gasteiger partial charge in [-0.2, -0.15) is 0 Å². The average molecular weight is 1040 g/mol. The molecule has 0 saturated heterocycles.